The van der Waals surface area contributed by atoms with E-state index in [2.05, 4.69) is 6.58 Å². The van der Waals surface area contributed by atoms with Gasteiger partial charge in [-0.05, 0) is 29.8 Å². The molecule has 112 valence electrons. The van der Waals surface area contributed by atoms with Crippen LogP contribution in [0.1, 0.15) is 12.0 Å². The molecule has 0 saturated carbocycles. The summed E-state index contributed by atoms with van der Waals surface area (Å²) in [5.41, 5.74) is 2.78. The molecule has 0 spiro atoms. The van der Waals surface area contributed by atoms with E-state index in [1.807, 2.05) is 35.3 Å². The molecule has 3 rings (SSSR count). The summed E-state index contributed by atoms with van der Waals surface area (Å²) in [7, 11) is 1.61. The fourth-order valence-corrected chi connectivity index (χ4v) is 2.53. The maximum Gasteiger partial charge on any atom is 0.123 e. The Morgan fingerprint density at radius 1 is 1.18 bits per heavy atom. The van der Waals surface area contributed by atoms with Gasteiger partial charge in [0.15, 0.2) is 0 Å². The van der Waals surface area contributed by atoms with Crippen LogP contribution in [0.2, 0.25) is 0 Å². The highest BCUT2D eigenvalue weighted by molar-refractivity contribution is 6.03. The molecule has 0 aromatic heterocycles. The Morgan fingerprint density at radius 2 is 1.86 bits per heavy atom. The van der Waals surface area contributed by atoms with Crippen molar-refractivity contribution in [2.24, 2.45) is 5.10 Å². The molecule has 0 saturated heterocycles. The third-order valence-corrected chi connectivity index (χ3v) is 3.74. The molecule has 2 aromatic rings. The largest absolute Gasteiger partial charge is 0.499 e. The van der Waals surface area contributed by atoms with Crippen molar-refractivity contribution in [1.82, 2.24) is 0 Å². The second kappa shape index (κ2) is 6.02. The number of hydrazone groups is 1. The Kier molecular flexibility index (Phi) is 3.92. The molecular formula is C18H17FN2O. The molecule has 0 bridgehead atoms. The summed E-state index contributed by atoms with van der Waals surface area (Å²) < 4.78 is 18.4. The lowest BCUT2D eigenvalue weighted by atomic mass is 10.0. The van der Waals surface area contributed by atoms with Crippen molar-refractivity contribution in [3.05, 3.63) is 78.3 Å². The molecule has 0 radical (unpaired) electrons. The quantitative estimate of drug-likeness (QED) is 0.798. The van der Waals surface area contributed by atoms with Gasteiger partial charge in [-0.1, -0.05) is 36.9 Å². The minimum Gasteiger partial charge on any atom is -0.499 e. The molecule has 1 aliphatic heterocycles. The van der Waals surface area contributed by atoms with E-state index in [1.54, 1.807) is 19.2 Å². The topological polar surface area (TPSA) is 24.8 Å². The number of anilines is 1. The Bertz CT molecular complexity index is 695. The lowest BCUT2D eigenvalue weighted by molar-refractivity contribution is 0.267. The molecular weight excluding hydrogens is 279 g/mol. The predicted octanol–water partition coefficient (Wildman–Crippen LogP) is 3.97. The van der Waals surface area contributed by atoms with E-state index < -0.39 is 0 Å². The van der Waals surface area contributed by atoms with Gasteiger partial charge in [-0.2, -0.15) is 5.10 Å². The summed E-state index contributed by atoms with van der Waals surface area (Å²) in [6.07, 6.45) is 0.674. The van der Waals surface area contributed by atoms with E-state index >= 15 is 0 Å². The molecule has 2 aromatic carbocycles. The van der Waals surface area contributed by atoms with Crippen molar-refractivity contribution >= 4 is 11.4 Å². The highest BCUT2D eigenvalue weighted by Gasteiger charge is 2.31. The van der Waals surface area contributed by atoms with E-state index in [-0.39, 0.29) is 11.9 Å². The molecule has 22 heavy (non-hydrogen) atoms. The smallest absolute Gasteiger partial charge is 0.123 e. The van der Waals surface area contributed by atoms with E-state index in [1.165, 1.54) is 12.1 Å². The maximum atomic E-state index is 13.1. The van der Waals surface area contributed by atoms with Crippen LogP contribution in [0, 0.1) is 5.82 Å². The molecule has 0 fully saturated rings. The van der Waals surface area contributed by atoms with Gasteiger partial charge in [-0.25, -0.2) is 4.39 Å². The lowest BCUT2D eigenvalue weighted by Crippen LogP contribution is -2.28. The number of para-hydroxylation sites is 1. The number of nitrogens with zero attached hydrogens (tertiary/aromatic N) is 2. The molecule has 1 atom stereocenters. The molecule has 0 amide bonds. The summed E-state index contributed by atoms with van der Waals surface area (Å²) in [4.78, 5) is 0. The predicted molar refractivity (Wildman–Crippen MR) is 86.4 cm³/mol. The van der Waals surface area contributed by atoms with Crippen LogP contribution in [-0.2, 0) is 4.74 Å². The van der Waals surface area contributed by atoms with E-state index in [0.29, 0.717) is 12.2 Å². The first kappa shape index (κ1) is 14.3. The van der Waals surface area contributed by atoms with Crippen LogP contribution < -0.4 is 5.01 Å². The van der Waals surface area contributed by atoms with Crippen molar-refractivity contribution in [1.29, 1.82) is 0 Å². The van der Waals surface area contributed by atoms with Gasteiger partial charge in [-0.15, -0.1) is 0 Å². The number of ether oxygens (including phenoxy) is 1. The average molecular weight is 296 g/mol. The van der Waals surface area contributed by atoms with Gasteiger partial charge in [-0.3, -0.25) is 5.01 Å². The number of benzene rings is 2. The molecule has 0 unspecified atom stereocenters. The zero-order valence-corrected chi connectivity index (χ0v) is 12.4. The Hall–Kier alpha value is -2.62. The minimum atomic E-state index is -0.250. The van der Waals surface area contributed by atoms with Gasteiger partial charge in [0.1, 0.15) is 17.6 Å². The van der Waals surface area contributed by atoms with E-state index in [4.69, 9.17) is 9.84 Å². The number of hydrogen-bond acceptors (Lipinski definition) is 3. The maximum absolute atomic E-state index is 13.1. The van der Waals surface area contributed by atoms with Crippen LogP contribution in [0.15, 0.2) is 72.0 Å². The number of methoxy groups -OCH3 is 1. The van der Waals surface area contributed by atoms with Gasteiger partial charge >= 0.3 is 0 Å². The third-order valence-electron chi connectivity index (χ3n) is 3.74. The highest BCUT2D eigenvalue weighted by atomic mass is 19.1. The summed E-state index contributed by atoms with van der Waals surface area (Å²) in [5, 5.41) is 6.60. The molecule has 4 heteroatoms. The van der Waals surface area contributed by atoms with Gasteiger partial charge in [0.2, 0.25) is 0 Å². The Balaban J connectivity index is 1.96. The van der Waals surface area contributed by atoms with Crippen LogP contribution in [0.3, 0.4) is 0 Å². The van der Waals surface area contributed by atoms with Crippen LogP contribution in [0.4, 0.5) is 10.1 Å². The van der Waals surface area contributed by atoms with Crippen molar-refractivity contribution < 1.29 is 9.13 Å². The molecule has 0 N–H and O–H groups in total. The average Bonchev–Trinajstić information content (AvgIpc) is 3.01. The van der Waals surface area contributed by atoms with Crippen molar-refractivity contribution in [3.63, 3.8) is 0 Å². The van der Waals surface area contributed by atoms with Crippen molar-refractivity contribution in [2.75, 3.05) is 12.1 Å². The summed E-state index contributed by atoms with van der Waals surface area (Å²) in [6.45, 7) is 3.98. The Morgan fingerprint density at radius 3 is 2.50 bits per heavy atom. The van der Waals surface area contributed by atoms with Gasteiger partial charge < -0.3 is 4.74 Å². The van der Waals surface area contributed by atoms with Crippen LogP contribution in [0.5, 0.6) is 0 Å². The normalized spacial score (nSPS) is 17.3. The molecule has 1 aliphatic rings. The van der Waals surface area contributed by atoms with Gasteiger partial charge in [0, 0.05) is 6.42 Å². The first-order chi connectivity index (χ1) is 10.7. The summed E-state index contributed by atoms with van der Waals surface area (Å²) in [6, 6.07) is 16.2. The molecule has 3 nitrogen and oxygen atoms in total. The lowest BCUT2D eigenvalue weighted by Gasteiger charge is -2.24. The first-order valence-corrected chi connectivity index (χ1v) is 7.09. The summed E-state index contributed by atoms with van der Waals surface area (Å²) in [5.74, 6) is 0.407. The zero-order valence-electron chi connectivity index (χ0n) is 12.4. The van der Waals surface area contributed by atoms with Crippen molar-refractivity contribution in [2.45, 2.75) is 12.5 Å². The fourth-order valence-electron chi connectivity index (χ4n) is 2.53. The first-order valence-electron chi connectivity index (χ1n) is 7.09. The van der Waals surface area contributed by atoms with Gasteiger partial charge in [0.05, 0.1) is 18.5 Å². The second-order valence-electron chi connectivity index (χ2n) is 5.12. The zero-order chi connectivity index (χ0) is 15.5. The van der Waals surface area contributed by atoms with Crippen LogP contribution >= 0.6 is 0 Å². The van der Waals surface area contributed by atoms with Crippen LogP contribution in [-0.4, -0.2) is 18.9 Å². The third kappa shape index (κ3) is 2.72. The SMILES string of the molecule is C=C(OC)[C@H]1CC(c2ccc(F)cc2)=NN1c1ccccc1. The Labute approximate surface area is 129 Å². The monoisotopic (exact) mass is 296 g/mol. The van der Waals surface area contributed by atoms with Crippen molar-refractivity contribution in [3.8, 4) is 0 Å². The number of halogens is 1. The highest BCUT2D eigenvalue weighted by Crippen LogP contribution is 2.30. The second-order valence-corrected chi connectivity index (χ2v) is 5.12. The number of rotatable bonds is 4. The molecule has 0 aliphatic carbocycles. The van der Waals surface area contributed by atoms with E-state index in [0.717, 1.165) is 17.0 Å². The fraction of sp³-hybridized carbons (Fsp3) is 0.167. The minimum absolute atomic E-state index is 0.0625. The number of hydrogen-bond donors (Lipinski definition) is 0. The van der Waals surface area contributed by atoms with Crippen LogP contribution in [0.25, 0.3) is 0 Å². The summed E-state index contributed by atoms with van der Waals surface area (Å²) >= 11 is 0. The molecule has 1 heterocycles. The standard InChI is InChI=1S/C18H17FN2O/c1-13(22-2)18-12-17(14-8-10-15(19)11-9-14)20-21(18)16-6-4-3-5-7-16/h3-11,18H,1,12H2,2H3/t18-/m1/s1. The van der Waals surface area contributed by atoms with Gasteiger partial charge in [0.25, 0.3) is 0 Å². The van der Waals surface area contributed by atoms with E-state index in [9.17, 15) is 4.39 Å².